The van der Waals surface area contributed by atoms with Crippen LogP contribution in [0.2, 0.25) is 0 Å². The lowest BCUT2D eigenvalue weighted by Gasteiger charge is -2.17. The lowest BCUT2D eigenvalue weighted by atomic mass is 9.88. The molecule has 0 radical (unpaired) electrons. The third-order valence-corrected chi connectivity index (χ3v) is 2.75. The summed E-state index contributed by atoms with van der Waals surface area (Å²) in [6.45, 7) is 12.5. The van der Waals surface area contributed by atoms with Gasteiger partial charge in [-0.05, 0) is 53.7 Å². The molecule has 0 aromatic heterocycles. The summed E-state index contributed by atoms with van der Waals surface area (Å²) in [6.07, 6.45) is 0.950. The predicted molar refractivity (Wildman–Crippen MR) is 66.3 cm³/mol. The molecule has 0 heterocycles. The molecular formula is C14H20O. The zero-order valence-electron chi connectivity index (χ0n) is 10.1. The Morgan fingerprint density at radius 1 is 1.40 bits per heavy atom. The van der Waals surface area contributed by atoms with Crippen LogP contribution in [-0.4, -0.2) is 5.11 Å². The molecule has 1 N–H and O–H groups in total. The number of aryl methyl sites for hydroxylation is 1. The first-order valence-corrected chi connectivity index (χ1v) is 5.49. The first kappa shape index (κ1) is 11.8. The summed E-state index contributed by atoms with van der Waals surface area (Å²) in [4.78, 5) is 0. The molecule has 1 aromatic carbocycles. The number of benzene rings is 1. The van der Waals surface area contributed by atoms with Crippen molar-refractivity contribution in [2.75, 3.05) is 0 Å². The highest BCUT2D eigenvalue weighted by atomic mass is 16.3. The van der Waals surface area contributed by atoms with Gasteiger partial charge in [-0.3, -0.25) is 0 Å². The van der Waals surface area contributed by atoms with E-state index in [1.54, 1.807) is 0 Å². The zero-order chi connectivity index (χ0) is 11.6. The summed E-state index contributed by atoms with van der Waals surface area (Å²) in [5.41, 5.74) is 4.69. The van der Waals surface area contributed by atoms with Crippen molar-refractivity contribution in [2.45, 2.75) is 40.0 Å². The van der Waals surface area contributed by atoms with Crippen molar-refractivity contribution in [3.8, 4) is 5.75 Å². The maximum atomic E-state index is 9.59. The Kier molecular flexibility index (Phi) is 3.57. The lowest BCUT2D eigenvalue weighted by Crippen LogP contribution is -1.98. The molecule has 0 aliphatic heterocycles. The van der Waals surface area contributed by atoms with Crippen molar-refractivity contribution < 1.29 is 5.11 Å². The minimum absolute atomic E-state index is 0.351. The van der Waals surface area contributed by atoms with Crippen molar-refractivity contribution in [3.63, 3.8) is 0 Å². The molecule has 0 aliphatic rings. The van der Waals surface area contributed by atoms with Crippen LogP contribution >= 0.6 is 0 Å². The number of aromatic hydroxyl groups is 1. The Balaban J connectivity index is 3.40. The van der Waals surface area contributed by atoms with Crippen LogP contribution in [-0.2, 0) is 0 Å². The summed E-state index contributed by atoms with van der Waals surface area (Å²) in [7, 11) is 0. The molecule has 1 heteroatoms. The molecule has 0 saturated carbocycles. The van der Waals surface area contributed by atoms with Crippen LogP contribution in [0.5, 0.6) is 5.75 Å². The second-order valence-electron chi connectivity index (χ2n) is 4.34. The van der Waals surface area contributed by atoms with Gasteiger partial charge in [-0.25, -0.2) is 0 Å². The molecular weight excluding hydrogens is 184 g/mol. The third-order valence-electron chi connectivity index (χ3n) is 2.75. The zero-order valence-corrected chi connectivity index (χ0v) is 10.1. The molecule has 15 heavy (non-hydrogen) atoms. The molecule has 1 nitrogen and oxygen atoms in total. The maximum Gasteiger partial charge on any atom is 0.116 e. The van der Waals surface area contributed by atoms with Gasteiger partial charge >= 0.3 is 0 Å². The second kappa shape index (κ2) is 4.52. The van der Waals surface area contributed by atoms with Crippen LogP contribution in [0, 0.1) is 6.92 Å². The minimum Gasteiger partial charge on any atom is -0.508 e. The van der Waals surface area contributed by atoms with Crippen molar-refractivity contribution >= 4 is 5.57 Å². The van der Waals surface area contributed by atoms with E-state index < -0.39 is 0 Å². The molecule has 0 atom stereocenters. The van der Waals surface area contributed by atoms with E-state index in [-0.39, 0.29) is 0 Å². The minimum atomic E-state index is 0.351. The Labute approximate surface area is 92.5 Å². The van der Waals surface area contributed by atoms with Crippen LogP contribution < -0.4 is 0 Å². The van der Waals surface area contributed by atoms with Crippen molar-refractivity contribution in [2.24, 2.45) is 0 Å². The van der Waals surface area contributed by atoms with Crippen LogP contribution in [0.3, 0.4) is 0 Å². The van der Waals surface area contributed by atoms with Gasteiger partial charge in [0.1, 0.15) is 5.75 Å². The predicted octanol–water partition coefficient (Wildman–Crippen LogP) is 4.25. The van der Waals surface area contributed by atoms with E-state index in [1.165, 1.54) is 11.1 Å². The summed E-state index contributed by atoms with van der Waals surface area (Å²) in [5, 5.41) is 9.59. The highest BCUT2D eigenvalue weighted by Gasteiger charge is 2.12. The highest BCUT2D eigenvalue weighted by Crippen LogP contribution is 2.32. The average Bonchev–Trinajstić information content (AvgIpc) is 2.15. The first-order chi connectivity index (χ1) is 6.97. The van der Waals surface area contributed by atoms with E-state index in [0.717, 1.165) is 17.6 Å². The number of phenolic OH excluding ortho intramolecular Hbond substituents is 1. The van der Waals surface area contributed by atoms with Crippen molar-refractivity contribution in [1.82, 2.24) is 0 Å². The van der Waals surface area contributed by atoms with Crippen molar-refractivity contribution in [3.05, 3.63) is 35.4 Å². The van der Waals surface area contributed by atoms with Gasteiger partial charge < -0.3 is 5.11 Å². The lowest BCUT2D eigenvalue weighted by molar-refractivity contribution is 0.473. The van der Waals surface area contributed by atoms with E-state index in [4.69, 9.17) is 0 Å². The summed E-state index contributed by atoms with van der Waals surface area (Å²) in [5.74, 6) is 0.762. The van der Waals surface area contributed by atoms with E-state index in [1.807, 2.05) is 19.1 Å². The molecule has 0 saturated heterocycles. The molecule has 0 bridgehead atoms. The van der Waals surface area contributed by atoms with Gasteiger partial charge in [0.15, 0.2) is 0 Å². The van der Waals surface area contributed by atoms with Gasteiger partial charge in [0.2, 0.25) is 0 Å². The SMILES string of the molecule is C=C(CC)c1c(C)cc(O)cc1C(C)C. The fourth-order valence-corrected chi connectivity index (χ4v) is 1.91. The quantitative estimate of drug-likeness (QED) is 0.780. The molecule has 1 aromatic rings. The highest BCUT2D eigenvalue weighted by molar-refractivity contribution is 5.70. The third kappa shape index (κ3) is 2.41. The fraction of sp³-hybridized carbons (Fsp3) is 0.429. The fourth-order valence-electron chi connectivity index (χ4n) is 1.91. The number of allylic oxidation sites excluding steroid dienone is 1. The Morgan fingerprint density at radius 2 is 2.00 bits per heavy atom. The molecule has 0 unspecified atom stereocenters. The van der Waals surface area contributed by atoms with E-state index in [9.17, 15) is 5.11 Å². The maximum absolute atomic E-state index is 9.59. The molecule has 0 spiro atoms. The molecule has 1 rings (SSSR count). The second-order valence-corrected chi connectivity index (χ2v) is 4.34. The Hall–Kier alpha value is -1.24. The molecule has 0 amide bonds. The number of hydrogen-bond donors (Lipinski definition) is 1. The van der Waals surface area contributed by atoms with E-state index in [2.05, 4.69) is 27.4 Å². The van der Waals surface area contributed by atoms with Gasteiger partial charge in [-0.15, -0.1) is 0 Å². The van der Waals surface area contributed by atoms with E-state index in [0.29, 0.717) is 11.7 Å². The van der Waals surface area contributed by atoms with Crippen LogP contribution in [0.25, 0.3) is 5.57 Å². The van der Waals surface area contributed by atoms with Crippen molar-refractivity contribution in [1.29, 1.82) is 0 Å². The first-order valence-electron chi connectivity index (χ1n) is 5.49. The largest absolute Gasteiger partial charge is 0.508 e. The average molecular weight is 204 g/mol. The molecule has 0 aliphatic carbocycles. The van der Waals surface area contributed by atoms with Gasteiger partial charge in [0.05, 0.1) is 0 Å². The van der Waals surface area contributed by atoms with Gasteiger partial charge in [0.25, 0.3) is 0 Å². The smallest absolute Gasteiger partial charge is 0.116 e. The normalized spacial score (nSPS) is 10.7. The van der Waals surface area contributed by atoms with Gasteiger partial charge in [-0.2, -0.15) is 0 Å². The topological polar surface area (TPSA) is 20.2 Å². The summed E-state index contributed by atoms with van der Waals surface area (Å²) < 4.78 is 0. The van der Waals surface area contributed by atoms with Crippen LogP contribution in [0.1, 0.15) is 49.8 Å². The van der Waals surface area contributed by atoms with E-state index >= 15 is 0 Å². The number of rotatable bonds is 3. The summed E-state index contributed by atoms with van der Waals surface area (Å²) >= 11 is 0. The number of hydrogen-bond acceptors (Lipinski definition) is 1. The van der Waals surface area contributed by atoms with Crippen LogP contribution in [0.4, 0.5) is 0 Å². The Bertz CT molecular complexity index is 375. The van der Waals surface area contributed by atoms with Crippen LogP contribution in [0.15, 0.2) is 18.7 Å². The van der Waals surface area contributed by atoms with Gasteiger partial charge in [-0.1, -0.05) is 27.4 Å². The number of phenols is 1. The molecule has 0 fully saturated rings. The van der Waals surface area contributed by atoms with Gasteiger partial charge in [0, 0.05) is 0 Å². The Morgan fingerprint density at radius 3 is 2.47 bits per heavy atom. The standard InChI is InChI=1S/C14H20O/c1-6-10(4)14-11(5)7-12(15)8-13(14)9(2)3/h7-9,15H,4,6H2,1-3,5H3. The summed E-state index contributed by atoms with van der Waals surface area (Å²) in [6, 6.07) is 3.66. The monoisotopic (exact) mass is 204 g/mol. The molecule has 82 valence electrons.